The number of aliphatic hydroxyl groups excluding tert-OH is 1. The molecule has 0 fully saturated rings. The zero-order chi connectivity index (χ0) is 33.3. The largest absolute Gasteiger partial charge is 0.472 e. The van der Waals surface area contributed by atoms with Crippen molar-refractivity contribution in [3.63, 3.8) is 0 Å². The molecule has 0 heterocycles. The Balaban J connectivity index is 4.31. The topological polar surface area (TPSA) is 131 Å². The van der Waals surface area contributed by atoms with Gasteiger partial charge in [-0.15, -0.1) is 0 Å². The van der Waals surface area contributed by atoms with Crippen molar-refractivity contribution in [3.05, 3.63) is 24.3 Å². The number of nitrogens with two attached hydrogens (primary N) is 1. The van der Waals surface area contributed by atoms with Crippen molar-refractivity contribution >= 4 is 13.7 Å². The van der Waals surface area contributed by atoms with Crippen LogP contribution in [-0.4, -0.2) is 47.8 Å². The van der Waals surface area contributed by atoms with E-state index in [4.69, 9.17) is 14.8 Å². The van der Waals surface area contributed by atoms with Crippen LogP contribution in [0.15, 0.2) is 24.3 Å². The number of phosphoric ester groups is 1. The number of nitrogens with one attached hydrogen (secondary N) is 1. The van der Waals surface area contributed by atoms with Gasteiger partial charge in [0.05, 0.1) is 25.4 Å². The highest BCUT2D eigenvalue weighted by Gasteiger charge is 2.26. The zero-order valence-electron chi connectivity index (χ0n) is 29.1. The summed E-state index contributed by atoms with van der Waals surface area (Å²) in [6, 6.07) is -0.859. The minimum Gasteiger partial charge on any atom is -0.387 e. The Labute approximate surface area is 277 Å². The number of carbonyl (C=O) groups is 1. The maximum Gasteiger partial charge on any atom is 0.472 e. The Morgan fingerprint density at radius 1 is 0.711 bits per heavy atom. The number of hydrogen-bond donors (Lipinski definition) is 4. The lowest BCUT2D eigenvalue weighted by Gasteiger charge is -2.23. The lowest BCUT2D eigenvalue weighted by atomic mass is 10.0. The van der Waals surface area contributed by atoms with E-state index in [0.29, 0.717) is 6.42 Å². The molecule has 0 aromatic carbocycles. The summed E-state index contributed by atoms with van der Waals surface area (Å²) in [6.45, 7) is 4.05. The van der Waals surface area contributed by atoms with E-state index in [9.17, 15) is 19.4 Å². The summed E-state index contributed by atoms with van der Waals surface area (Å²) < 4.78 is 22.0. The van der Waals surface area contributed by atoms with E-state index < -0.39 is 20.0 Å². The molecule has 0 aliphatic carbocycles. The van der Waals surface area contributed by atoms with Gasteiger partial charge >= 0.3 is 7.82 Å². The van der Waals surface area contributed by atoms with E-state index in [1.54, 1.807) is 6.08 Å². The fourth-order valence-corrected chi connectivity index (χ4v) is 5.95. The van der Waals surface area contributed by atoms with Crippen LogP contribution in [0.2, 0.25) is 0 Å². The van der Waals surface area contributed by atoms with Crippen molar-refractivity contribution in [2.24, 2.45) is 5.73 Å². The molecule has 3 atom stereocenters. The third-order valence-corrected chi connectivity index (χ3v) is 8.99. The van der Waals surface area contributed by atoms with Crippen molar-refractivity contribution in [2.75, 3.05) is 19.8 Å². The van der Waals surface area contributed by atoms with Gasteiger partial charge in [0.2, 0.25) is 5.91 Å². The maximum atomic E-state index is 12.6. The smallest absolute Gasteiger partial charge is 0.387 e. The predicted molar refractivity (Wildman–Crippen MR) is 189 cm³/mol. The van der Waals surface area contributed by atoms with Gasteiger partial charge in [0, 0.05) is 13.0 Å². The molecule has 1 amide bonds. The first kappa shape index (κ1) is 44.0. The van der Waals surface area contributed by atoms with Crippen LogP contribution >= 0.6 is 7.82 Å². The second kappa shape index (κ2) is 32.9. The molecule has 0 aromatic rings. The fourth-order valence-electron chi connectivity index (χ4n) is 5.19. The quantitative estimate of drug-likeness (QED) is 0.0308. The Kier molecular flexibility index (Phi) is 32.2. The average Bonchev–Trinajstić information content (AvgIpc) is 3.02. The molecule has 0 rings (SSSR count). The van der Waals surface area contributed by atoms with Gasteiger partial charge in [-0.2, -0.15) is 0 Å². The molecule has 45 heavy (non-hydrogen) atoms. The van der Waals surface area contributed by atoms with Gasteiger partial charge in [-0.1, -0.05) is 147 Å². The number of aliphatic hydroxyl groups is 1. The first-order valence-corrected chi connectivity index (χ1v) is 20.0. The molecule has 0 saturated carbocycles. The fraction of sp³-hybridized carbons (Fsp3) is 0.861. The van der Waals surface area contributed by atoms with Gasteiger partial charge < -0.3 is 21.1 Å². The monoisotopic (exact) mass is 659 g/mol. The molecule has 0 saturated heterocycles. The van der Waals surface area contributed by atoms with Crippen LogP contribution in [0.3, 0.4) is 0 Å². The number of hydrogen-bond acceptors (Lipinski definition) is 6. The van der Waals surface area contributed by atoms with Gasteiger partial charge in [-0.25, -0.2) is 4.57 Å². The molecule has 266 valence electrons. The average molecular weight is 659 g/mol. The summed E-state index contributed by atoms with van der Waals surface area (Å²) in [5, 5.41) is 13.6. The lowest BCUT2D eigenvalue weighted by molar-refractivity contribution is -0.123. The summed E-state index contributed by atoms with van der Waals surface area (Å²) in [5.74, 6) is -0.207. The van der Waals surface area contributed by atoms with Gasteiger partial charge in [-0.3, -0.25) is 13.8 Å². The standard InChI is InChI=1S/C36H71N2O6P/c1-3-5-7-9-11-13-15-16-17-18-19-20-21-23-25-27-29-35(39)34(33-44-45(41,42)43-32-31-37)38-36(40)30-28-26-24-22-14-12-10-8-6-4-2/h8,10,27,29,34-35,39H,3-7,9,11-26,28,30-33,37H2,1-2H3,(H,38,40)(H,41,42)/b10-8-,29-27+. The Bertz CT molecular complexity index is 764. The van der Waals surface area contributed by atoms with Crippen LogP contribution < -0.4 is 11.1 Å². The van der Waals surface area contributed by atoms with Crippen LogP contribution in [0.5, 0.6) is 0 Å². The third-order valence-electron chi connectivity index (χ3n) is 8.00. The number of phosphoric acid groups is 1. The maximum absolute atomic E-state index is 12.6. The predicted octanol–water partition coefficient (Wildman–Crippen LogP) is 9.44. The number of amides is 1. The number of carbonyl (C=O) groups excluding carboxylic acids is 1. The van der Waals surface area contributed by atoms with Gasteiger partial charge in [0.1, 0.15) is 0 Å². The molecule has 0 spiro atoms. The van der Waals surface area contributed by atoms with E-state index in [-0.39, 0.29) is 25.7 Å². The molecule has 0 aromatic heterocycles. The SMILES string of the molecule is CCC/C=C\CCCCCCCC(=O)NC(COP(=O)(O)OCCN)C(O)/C=C/CCCCCCCCCCCCCCCC. The first-order valence-electron chi connectivity index (χ1n) is 18.5. The Hall–Kier alpha value is -1.02. The van der Waals surface area contributed by atoms with Crippen LogP contribution in [0.4, 0.5) is 0 Å². The summed E-state index contributed by atoms with van der Waals surface area (Å²) in [5.41, 5.74) is 5.34. The lowest BCUT2D eigenvalue weighted by Crippen LogP contribution is -2.45. The first-order chi connectivity index (χ1) is 21.9. The molecule has 0 aliphatic rings. The van der Waals surface area contributed by atoms with E-state index >= 15 is 0 Å². The van der Waals surface area contributed by atoms with Crippen LogP contribution in [-0.2, 0) is 18.4 Å². The summed E-state index contributed by atoms with van der Waals surface area (Å²) in [7, 11) is -4.33. The summed E-state index contributed by atoms with van der Waals surface area (Å²) in [4.78, 5) is 22.5. The van der Waals surface area contributed by atoms with Crippen molar-refractivity contribution in [3.8, 4) is 0 Å². The van der Waals surface area contributed by atoms with Crippen molar-refractivity contribution in [1.29, 1.82) is 0 Å². The van der Waals surface area contributed by atoms with Gasteiger partial charge in [-0.05, 0) is 38.5 Å². The van der Waals surface area contributed by atoms with Crippen molar-refractivity contribution in [1.82, 2.24) is 5.32 Å². The molecule has 3 unspecified atom stereocenters. The van der Waals surface area contributed by atoms with Gasteiger partial charge in [0.25, 0.3) is 0 Å². The van der Waals surface area contributed by atoms with Gasteiger partial charge in [0.15, 0.2) is 0 Å². The number of rotatable bonds is 34. The highest BCUT2D eigenvalue weighted by atomic mass is 31.2. The van der Waals surface area contributed by atoms with E-state index in [1.807, 2.05) is 6.08 Å². The Morgan fingerprint density at radius 3 is 1.73 bits per heavy atom. The number of allylic oxidation sites excluding steroid dienone is 3. The Morgan fingerprint density at radius 2 is 1.20 bits per heavy atom. The second-order valence-electron chi connectivity index (χ2n) is 12.4. The molecule has 0 bridgehead atoms. The van der Waals surface area contributed by atoms with E-state index in [0.717, 1.165) is 64.2 Å². The summed E-state index contributed by atoms with van der Waals surface area (Å²) >= 11 is 0. The molecule has 8 nitrogen and oxygen atoms in total. The molecular formula is C36H71N2O6P. The third kappa shape index (κ3) is 31.4. The normalized spacial score (nSPS) is 14.7. The van der Waals surface area contributed by atoms with Crippen LogP contribution in [0.25, 0.3) is 0 Å². The van der Waals surface area contributed by atoms with E-state index in [2.05, 4.69) is 31.3 Å². The molecule has 0 radical (unpaired) electrons. The van der Waals surface area contributed by atoms with Crippen LogP contribution in [0.1, 0.15) is 168 Å². The van der Waals surface area contributed by atoms with Crippen molar-refractivity contribution < 1.29 is 28.4 Å². The minimum absolute atomic E-state index is 0.0776. The highest BCUT2D eigenvalue weighted by Crippen LogP contribution is 2.43. The summed E-state index contributed by atoms with van der Waals surface area (Å²) in [6.07, 6.45) is 35.1. The highest BCUT2D eigenvalue weighted by molar-refractivity contribution is 7.47. The minimum atomic E-state index is -4.33. The second-order valence-corrected chi connectivity index (χ2v) is 13.9. The molecular weight excluding hydrogens is 587 g/mol. The number of unbranched alkanes of at least 4 members (excludes halogenated alkanes) is 20. The molecule has 0 aliphatic heterocycles. The van der Waals surface area contributed by atoms with E-state index in [1.165, 1.54) is 83.5 Å². The molecule has 5 N–H and O–H groups in total. The zero-order valence-corrected chi connectivity index (χ0v) is 30.0. The van der Waals surface area contributed by atoms with Crippen molar-refractivity contribution in [2.45, 2.75) is 180 Å². The molecule has 9 heteroatoms. The van der Waals surface area contributed by atoms with Crippen LogP contribution in [0, 0.1) is 0 Å².